The van der Waals surface area contributed by atoms with Crippen LogP contribution in [0.3, 0.4) is 0 Å². The molecule has 0 saturated heterocycles. The minimum Gasteiger partial charge on any atom is -0.444 e. The summed E-state index contributed by atoms with van der Waals surface area (Å²) in [5.74, 6) is -1.90. The summed E-state index contributed by atoms with van der Waals surface area (Å²) in [5.41, 5.74) is 3.00. The van der Waals surface area contributed by atoms with Crippen LogP contribution in [0.1, 0.15) is 84.7 Å². The van der Waals surface area contributed by atoms with E-state index in [1.165, 1.54) is 12.4 Å². The lowest BCUT2D eigenvalue weighted by atomic mass is 10.0. The lowest BCUT2D eigenvalue weighted by Gasteiger charge is -2.23. The number of carbonyl (C=O) groups is 5. The predicted molar refractivity (Wildman–Crippen MR) is 185 cm³/mol. The Kier molecular flexibility index (Phi) is 16.7. The third-order valence-corrected chi connectivity index (χ3v) is 6.65. The van der Waals surface area contributed by atoms with Crippen LogP contribution < -0.4 is 26.7 Å². The highest BCUT2D eigenvalue weighted by molar-refractivity contribution is 5.98. The van der Waals surface area contributed by atoms with Crippen LogP contribution in [-0.2, 0) is 25.5 Å². The van der Waals surface area contributed by atoms with Crippen molar-refractivity contribution >= 4 is 29.9 Å². The molecule has 3 atom stereocenters. The second kappa shape index (κ2) is 19.3. The molecule has 2 aromatic carbocycles. The van der Waals surface area contributed by atoms with E-state index in [1.54, 1.807) is 65.8 Å². The average Bonchev–Trinajstić information content (AvgIpc) is 2.99. The highest BCUT2D eigenvalue weighted by Gasteiger charge is 2.26. The standard InChI is InChI=1S/C34H49N5O9.CH4/c1-21(40)27(30(43)39-46)38-28(41)25-16-14-24(15-17-25)23-12-10-22(11-13-23)18-20-35-29(42)26(37-32(45)48-34(5,6)7)9-8-19-36-31(44)47-33(2,3)4;/h10-17,21,26-27,40,46H,8-9,18-20H2,1-7H3,(H,35,42)(H,36,44)(H,37,45)(H,38,41)(H,39,43);1H4/t21-,26+,27+;/m1./s1. The molecular weight excluding hydrogens is 634 g/mol. The lowest BCUT2D eigenvalue weighted by Crippen LogP contribution is -2.51. The Balaban J connectivity index is 0.0000120. The van der Waals surface area contributed by atoms with E-state index in [2.05, 4.69) is 21.3 Å². The predicted octanol–water partition coefficient (Wildman–Crippen LogP) is 3.83. The van der Waals surface area contributed by atoms with E-state index < -0.39 is 53.4 Å². The zero-order chi connectivity index (χ0) is 36.1. The van der Waals surface area contributed by atoms with Crippen LogP contribution in [0.4, 0.5) is 9.59 Å². The maximum atomic E-state index is 13.0. The van der Waals surface area contributed by atoms with Crippen LogP contribution in [0.15, 0.2) is 48.5 Å². The van der Waals surface area contributed by atoms with E-state index in [-0.39, 0.29) is 31.9 Å². The molecule has 0 aliphatic heterocycles. The first-order valence-corrected chi connectivity index (χ1v) is 15.7. The van der Waals surface area contributed by atoms with Crippen LogP contribution in [0, 0.1) is 0 Å². The van der Waals surface area contributed by atoms with Gasteiger partial charge in [-0.2, -0.15) is 0 Å². The highest BCUT2D eigenvalue weighted by Crippen LogP contribution is 2.21. The van der Waals surface area contributed by atoms with E-state index in [0.29, 0.717) is 19.4 Å². The third kappa shape index (κ3) is 15.8. The number of aliphatic hydroxyl groups is 1. The Morgan fingerprint density at radius 2 is 1.27 bits per heavy atom. The smallest absolute Gasteiger partial charge is 0.408 e. The minimum atomic E-state index is -1.32. The number of rotatable bonds is 14. The fourth-order valence-electron chi connectivity index (χ4n) is 4.36. The topological polar surface area (TPSA) is 204 Å². The molecular formula is C35H53N5O9. The molecule has 0 bridgehead atoms. The highest BCUT2D eigenvalue weighted by atomic mass is 16.6. The molecule has 5 amide bonds. The summed E-state index contributed by atoms with van der Waals surface area (Å²) in [6.07, 6.45) is -1.31. The first-order valence-electron chi connectivity index (χ1n) is 15.7. The maximum Gasteiger partial charge on any atom is 0.408 e. The first kappa shape index (κ1) is 42.3. The molecule has 0 aliphatic rings. The molecule has 49 heavy (non-hydrogen) atoms. The lowest BCUT2D eigenvalue weighted by molar-refractivity contribution is -0.133. The van der Waals surface area contributed by atoms with Gasteiger partial charge in [0.2, 0.25) is 5.91 Å². The molecule has 0 aromatic heterocycles. The van der Waals surface area contributed by atoms with E-state index >= 15 is 0 Å². The van der Waals surface area contributed by atoms with Crippen molar-refractivity contribution in [1.82, 2.24) is 26.7 Å². The van der Waals surface area contributed by atoms with Crippen molar-refractivity contribution in [2.75, 3.05) is 13.1 Å². The van der Waals surface area contributed by atoms with Gasteiger partial charge in [-0.25, -0.2) is 15.1 Å². The number of hydrogen-bond acceptors (Lipinski definition) is 9. The average molecular weight is 688 g/mol. The SMILES string of the molecule is C.C[C@@H](O)[C@H](NC(=O)c1ccc(-c2ccc(CCNC(=O)[C@H](CCCNC(=O)OC(C)(C)C)NC(=O)OC(C)(C)C)cc2)cc1)C(=O)NO. The third-order valence-electron chi connectivity index (χ3n) is 6.65. The molecule has 0 aliphatic carbocycles. The van der Waals surface area contributed by atoms with Crippen LogP contribution in [-0.4, -0.2) is 82.7 Å². The summed E-state index contributed by atoms with van der Waals surface area (Å²) in [5, 5.41) is 29.1. The van der Waals surface area contributed by atoms with Gasteiger partial charge in [0.05, 0.1) is 6.10 Å². The van der Waals surface area contributed by atoms with E-state index in [0.717, 1.165) is 16.7 Å². The van der Waals surface area contributed by atoms with Crippen molar-refractivity contribution in [3.05, 3.63) is 59.7 Å². The second-order valence-corrected chi connectivity index (χ2v) is 13.3. The molecule has 0 radical (unpaired) electrons. The van der Waals surface area contributed by atoms with Gasteiger partial charge in [-0.3, -0.25) is 19.6 Å². The summed E-state index contributed by atoms with van der Waals surface area (Å²) in [4.78, 5) is 61.6. The van der Waals surface area contributed by atoms with Gasteiger partial charge >= 0.3 is 12.2 Å². The molecule has 0 saturated carbocycles. The van der Waals surface area contributed by atoms with E-state index in [1.807, 2.05) is 24.3 Å². The number of aliphatic hydroxyl groups excluding tert-OH is 1. The van der Waals surface area contributed by atoms with Gasteiger partial charge in [-0.1, -0.05) is 43.8 Å². The summed E-state index contributed by atoms with van der Waals surface area (Å²) in [6.45, 7) is 12.3. The molecule has 14 nitrogen and oxygen atoms in total. The van der Waals surface area contributed by atoms with Crippen molar-refractivity contribution in [2.45, 2.75) is 105 Å². The minimum absolute atomic E-state index is 0. The molecule has 0 fully saturated rings. The molecule has 0 unspecified atom stereocenters. The second-order valence-electron chi connectivity index (χ2n) is 13.3. The number of amides is 5. The normalized spacial score (nSPS) is 13.0. The Bertz CT molecular complexity index is 1380. The van der Waals surface area contributed by atoms with Gasteiger partial charge in [-0.05, 0) is 96.6 Å². The number of carbonyl (C=O) groups excluding carboxylic acids is 5. The molecule has 2 aromatic rings. The van der Waals surface area contributed by atoms with Gasteiger partial charge in [0.25, 0.3) is 11.8 Å². The Hall–Kier alpha value is -4.69. The number of hydrogen-bond donors (Lipinski definition) is 7. The van der Waals surface area contributed by atoms with Crippen molar-refractivity contribution in [2.24, 2.45) is 0 Å². The van der Waals surface area contributed by atoms with E-state index in [4.69, 9.17) is 14.7 Å². The molecule has 2 rings (SSSR count). The van der Waals surface area contributed by atoms with Gasteiger partial charge < -0.3 is 35.8 Å². The number of benzene rings is 2. The zero-order valence-corrected chi connectivity index (χ0v) is 28.6. The Morgan fingerprint density at radius 1 is 0.735 bits per heavy atom. The van der Waals surface area contributed by atoms with Crippen LogP contribution in [0.2, 0.25) is 0 Å². The molecule has 14 heteroatoms. The number of nitrogens with one attached hydrogen (secondary N) is 5. The summed E-state index contributed by atoms with van der Waals surface area (Å²) < 4.78 is 10.5. The summed E-state index contributed by atoms with van der Waals surface area (Å²) in [7, 11) is 0. The van der Waals surface area contributed by atoms with Crippen molar-refractivity contribution in [1.29, 1.82) is 0 Å². The quantitative estimate of drug-likeness (QED) is 0.0875. The molecule has 0 heterocycles. The summed E-state index contributed by atoms with van der Waals surface area (Å²) in [6, 6.07) is 12.1. The van der Waals surface area contributed by atoms with Crippen molar-refractivity contribution in [3.8, 4) is 11.1 Å². The van der Waals surface area contributed by atoms with Gasteiger partial charge in [-0.15, -0.1) is 0 Å². The van der Waals surface area contributed by atoms with Gasteiger partial charge in [0, 0.05) is 18.7 Å². The number of alkyl carbamates (subject to hydrolysis) is 2. The zero-order valence-electron chi connectivity index (χ0n) is 28.6. The Morgan fingerprint density at radius 3 is 1.78 bits per heavy atom. The van der Waals surface area contributed by atoms with Gasteiger partial charge in [0.1, 0.15) is 23.3 Å². The first-order chi connectivity index (χ1) is 22.4. The fourth-order valence-corrected chi connectivity index (χ4v) is 4.36. The van der Waals surface area contributed by atoms with Gasteiger partial charge in [0.15, 0.2) is 0 Å². The molecule has 0 spiro atoms. The Labute approximate surface area is 288 Å². The monoisotopic (exact) mass is 687 g/mol. The largest absolute Gasteiger partial charge is 0.444 e. The molecule has 7 N–H and O–H groups in total. The fraction of sp³-hybridized carbons (Fsp3) is 0.514. The number of ether oxygens (including phenoxy) is 2. The molecule has 272 valence electrons. The summed E-state index contributed by atoms with van der Waals surface area (Å²) >= 11 is 0. The number of hydroxylamine groups is 1. The van der Waals surface area contributed by atoms with Crippen molar-refractivity contribution in [3.63, 3.8) is 0 Å². The van der Waals surface area contributed by atoms with Crippen LogP contribution >= 0.6 is 0 Å². The van der Waals surface area contributed by atoms with Crippen molar-refractivity contribution < 1.29 is 43.8 Å². The van der Waals surface area contributed by atoms with Crippen LogP contribution in [0.5, 0.6) is 0 Å². The van der Waals surface area contributed by atoms with E-state index in [9.17, 15) is 29.1 Å². The maximum absolute atomic E-state index is 13.0. The van der Waals surface area contributed by atoms with Crippen LogP contribution in [0.25, 0.3) is 11.1 Å².